The van der Waals surface area contributed by atoms with Crippen molar-refractivity contribution in [3.63, 3.8) is 0 Å². The largest absolute Gasteiger partial charge is 0.465 e. The van der Waals surface area contributed by atoms with Crippen molar-refractivity contribution in [1.82, 2.24) is 4.98 Å². The number of fused-ring (bicyclic) bond motifs is 2. The second-order valence-electron chi connectivity index (χ2n) is 8.65. The lowest BCUT2D eigenvalue weighted by molar-refractivity contribution is 0.0600. The molecule has 1 amide bonds. The number of anilines is 1. The average molecular weight is 475 g/mol. The van der Waals surface area contributed by atoms with Crippen LogP contribution in [0.5, 0.6) is 0 Å². The van der Waals surface area contributed by atoms with Crippen LogP contribution < -0.4 is 5.32 Å². The third-order valence-corrected chi connectivity index (χ3v) is 7.68. The number of ether oxygens (including phenoxy) is 1. The van der Waals surface area contributed by atoms with Gasteiger partial charge in [0.05, 0.1) is 23.8 Å². The normalized spacial score (nSPS) is 15.2. The van der Waals surface area contributed by atoms with Gasteiger partial charge in [0.2, 0.25) is 0 Å². The fourth-order valence-corrected chi connectivity index (χ4v) is 5.99. The first-order valence-electron chi connectivity index (χ1n) is 11.5. The zero-order valence-electron chi connectivity index (χ0n) is 19.4. The summed E-state index contributed by atoms with van der Waals surface area (Å²) in [6, 6.07) is 13.0. The molecule has 0 fully saturated rings. The highest BCUT2D eigenvalue weighted by Crippen LogP contribution is 2.41. The highest BCUT2D eigenvalue weighted by molar-refractivity contribution is 7.17. The Bertz CT molecular complexity index is 1400. The van der Waals surface area contributed by atoms with Crippen molar-refractivity contribution < 1.29 is 18.7 Å². The molecule has 34 heavy (non-hydrogen) atoms. The van der Waals surface area contributed by atoms with Crippen LogP contribution in [0.1, 0.15) is 56.7 Å². The Balaban J connectivity index is 1.57. The SMILES string of the molecule is CC[C@H]1CCc2c(sc(NC(=O)c3cc(-c4ccc(C)o4)nc4ccccc34)c2C(=O)OC)C1. The van der Waals surface area contributed by atoms with Crippen molar-refractivity contribution in [2.45, 2.75) is 39.5 Å². The molecule has 0 spiro atoms. The minimum atomic E-state index is -0.408. The first kappa shape index (κ1) is 22.3. The number of carbonyl (C=O) groups is 2. The zero-order valence-corrected chi connectivity index (χ0v) is 20.3. The van der Waals surface area contributed by atoms with Gasteiger partial charge in [-0.25, -0.2) is 9.78 Å². The summed E-state index contributed by atoms with van der Waals surface area (Å²) in [7, 11) is 1.38. The number of rotatable bonds is 5. The maximum Gasteiger partial charge on any atom is 0.341 e. The van der Waals surface area contributed by atoms with Crippen LogP contribution in [0.25, 0.3) is 22.4 Å². The smallest absolute Gasteiger partial charge is 0.341 e. The van der Waals surface area contributed by atoms with E-state index >= 15 is 0 Å². The molecule has 0 unspecified atom stereocenters. The number of nitrogens with zero attached hydrogens (tertiary/aromatic N) is 1. The summed E-state index contributed by atoms with van der Waals surface area (Å²) in [6.45, 7) is 4.06. The number of furan rings is 1. The van der Waals surface area contributed by atoms with E-state index in [1.807, 2.05) is 43.3 Å². The Morgan fingerprint density at radius 3 is 2.79 bits per heavy atom. The molecule has 0 saturated heterocycles. The predicted octanol–water partition coefficient (Wildman–Crippen LogP) is 6.42. The highest BCUT2D eigenvalue weighted by Gasteiger charge is 2.30. The fraction of sp³-hybridized carbons (Fsp3) is 0.296. The summed E-state index contributed by atoms with van der Waals surface area (Å²) >= 11 is 1.49. The van der Waals surface area contributed by atoms with Gasteiger partial charge in [0.1, 0.15) is 16.5 Å². The molecule has 1 aliphatic carbocycles. The number of hydrogen-bond acceptors (Lipinski definition) is 6. The number of hydrogen-bond donors (Lipinski definition) is 1. The summed E-state index contributed by atoms with van der Waals surface area (Å²) in [6.07, 6.45) is 3.89. The molecular formula is C27H26N2O4S. The number of para-hydroxylation sites is 1. The number of aryl methyl sites for hydroxylation is 1. The average Bonchev–Trinajstić information content (AvgIpc) is 3.45. The van der Waals surface area contributed by atoms with Crippen LogP contribution in [0.15, 0.2) is 46.9 Å². The van der Waals surface area contributed by atoms with E-state index in [1.165, 1.54) is 23.3 Å². The number of nitrogens with one attached hydrogen (secondary N) is 1. The maximum atomic E-state index is 13.6. The van der Waals surface area contributed by atoms with Gasteiger partial charge in [0.25, 0.3) is 5.91 Å². The molecule has 1 N–H and O–H groups in total. The molecule has 174 valence electrons. The van der Waals surface area contributed by atoms with Crippen LogP contribution >= 0.6 is 11.3 Å². The summed E-state index contributed by atoms with van der Waals surface area (Å²) in [5.41, 5.74) is 3.27. The minimum Gasteiger partial charge on any atom is -0.465 e. The maximum absolute atomic E-state index is 13.6. The number of aromatic nitrogens is 1. The lowest BCUT2D eigenvalue weighted by atomic mass is 9.85. The van der Waals surface area contributed by atoms with Crippen molar-refractivity contribution in [2.75, 3.05) is 12.4 Å². The van der Waals surface area contributed by atoms with Crippen LogP contribution in [-0.4, -0.2) is 24.0 Å². The highest BCUT2D eigenvalue weighted by atomic mass is 32.1. The van der Waals surface area contributed by atoms with Crippen LogP contribution in [0.3, 0.4) is 0 Å². The van der Waals surface area contributed by atoms with Crippen LogP contribution in [0, 0.1) is 12.8 Å². The molecular weight excluding hydrogens is 448 g/mol. The van der Waals surface area contributed by atoms with Gasteiger partial charge in [-0.05, 0) is 61.9 Å². The Morgan fingerprint density at radius 2 is 2.06 bits per heavy atom. The number of amides is 1. The van der Waals surface area contributed by atoms with E-state index in [9.17, 15) is 9.59 Å². The Labute approximate surface area is 202 Å². The first-order valence-corrected chi connectivity index (χ1v) is 12.3. The van der Waals surface area contributed by atoms with Gasteiger partial charge in [0, 0.05) is 10.3 Å². The van der Waals surface area contributed by atoms with Crippen molar-refractivity contribution >= 4 is 39.1 Å². The summed E-state index contributed by atoms with van der Waals surface area (Å²) < 4.78 is 10.8. The fourth-order valence-electron chi connectivity index (χ4n) is 4.64. The monoisotopic (exact) mass is 474 g/mol. The number of carbonyl (C=O) groups excluding carboxylic acids is 2. The molecule has 0 radical (unpaired) electrons. The lowest BCUT2D eigenvalue weighted by Gasteiger charge is -2.20. The van der Waals surface area contributed by atoms with Gasteiger partial charge in [0.15, 0.2) is 5.76 Å². The second kappa shape index (κ2) is 9.06. The van der Waals surface area contributed by atoms with Gasteiger partial charge in [-0.1, -0.05) is 31.5 Å². The van der Waals surface area contributed by atoms with Crippen molar-refractivity contribution in [3.05, 3.63) is 69.8 Å². The third-order valence-electron chi connectivity index (χ3n) is 6.51. The number of thiophene rings is 1. The predicted molar refractivity (Wildman–Crippen MR) is 134 cm³/mol. The van der Waals surface area contributed by atoms with Crippen molar-refractivity contribution in [2.24, 2.45) is 5.92 Å². The molecule has 3 aromatic heterocycles. The molecule has 4 aromatic rings. The van der Waals surface area contributed by atoms with Gasteiger partial charge in [-0.3, -0.25) is 4.79 Å². The van der Waals surface area contributed by atoms with Crippen LogP contribution in [0.2, 0.25) is 0 Å². The van der Waals surface area contributed by atoms with Crippen molar-refractivity contribution in [3.8, 4) is 11.5 Å². The number of esters is 1. The van der Waals surface area contributed by atoms with Gasteiger partial charge < -0.3 is 14.5 Å². The molecule has 0 bridgehead atoms. The van der Waals surface area contributed by atoms with Crippen molar-refractivity contribution in [1.29, 1.82) is 0 Å². The number of pyridine rings is 1. The molecule has 7 heteroatoms. The molecule has 0 aliphatic heterocycles. The van der Waals surface area contributed by atoms with Crippen LogP contribution in [-0.2, 0) is 17.6 Å². The Kier molecular flexibility index (Phi) is 5.96. The molecule has 1 aliphatic rings. The third kappa shape index (κ3) is 4.01. The van der Waals surface area contributed by atoms with E-state index in [2.05, 4.69) is 12.2 Å². The molecule has 1 aromatic carbocycles. The quantitative estimate of drug-likeness (QED) is 0.338. The van der Waals surface area contributed by atoms with E-state index < -0.39 is 5.97 Å². The lowest BCUT2D eigenvalue weighted by Crippen LogP contribution is -2.17. The Hall–Kier alpha value is -3.45. The number of benzene rings is 1. The van der Waals surface area contributed by atoms with E-state index in [-0.39, 0.29) is 5.91 Å². The standard InChI is InChI=1S/C27H26N2O4S/c1-4-16-10-11-18-23(13-16)34-26(24(18)27(31)32-3)29-25(30)19-14-21(22-12-9-15(2)33-22)28-20-8-6-5-7-17(19)20/h5-9,12,14,16H,4,10-11,13H2,1-3H3,(H,29,30)/t16-/m0/s1. The summed E-state index contributed by atoms with van der Waals surface area (Å²) in [5, 5.41) is 4.31. The van der Waals surface area contributed by atoms with E-state index in [0.717, 1.165) is 42.4 Å². The molecule has 6 nitrogen and oxygen atoms in total. The van der Waals surface area contributed by atoms with E-state index in [4.69, 9.17) is 14.1 Å². The van der Waals surface area contributed by atoms with E-state index in [1.54, 1.807) is 6.07 Å². The summed E-state index contributed by atoms with van der Waals surface area (Å²) in [5.74, 6) is 1.27. The molecule has 5 rings (SSSR count). The molecule has 0 saturated carbocycles. The molecule has 3 heterocycles. The first-order chi connectivity index (χ1) is 16.5. The van der Waals surface area contributed by atoms with Gasteiger partial charge in [-0.15, -0.1) is 11.3 Å². The summed E-state index contributed by atoms with van der Waals surface area (Å²) in [4.78, 5) is 32.2. The minimum absolute atomic E-state index is 0.293. The van der Waals surface area contributed by atoms with Gasteiger partial charge in [-0.2, -0.15) is 0 Å². The number of methoxy groups -OCH3 is 1. The Morgan fingerprint density at radius 1 is 1.24 bits per heavy atom. The van der Waals surface area contributed by atoms with Gasteiger partial charge >= 0.3 is 5.97 Å². The molecule has 1 atom stereocenters. The van der Waals surface area contributed by atoms with E-state index in [0.29, 0.717) is 39.0 Å². The van der Waals surface area contributed by atoms with Crippen LogP contribution in [0.4, 0.5) is 5.00 Å². The topological polar surface area (TPSA) is 81.4 Å². The second-order valence-corrected chi connectivity index (χ2v) is 9.76. The zero-order chi connectivity index (χ0) is 23.8.